The highest BCUT2D eigenvalue weighted by atomic mass is 32.1. The molecule has 0 fully saturated rings. The number of carboxylic acids is 1. The molecule has 0 aliphatic carbocycles. The second-order valence-corrected chi connectivity index (χ2v) is 6.56. The van der Waals surface area contributed by atoms with E-state index < -0.39 is 11.4 Å². The molecule has 2 aromatic rings. The lowest BCUT2D eigenvalue weighted by atomic mass is 9.90. The van der Waals surface area contributed by atoms with Gasteiger partial charge in [-0.15, -0.1) is 11.3 Å². The number of hydrogen-bond donors (Lipinski definition) is 2. The number of aromatic nitrogens is 1. The third-order valence-corrected chi connectivity index (χ3v) is 4.34. The lowest BCUT2D eigenvalue weighted by molar-refractivity contribution is -0.142. The zero-order valence-corrected chi connectivity index (χ0v) is 13.7. The molecule has 21 heavy (non-hydrogen) atoms. The summed E-state index contributed by atoms with van der Waals surface area (Å²) in [4.78, 5) is 15.7. The fourth-order valence-electron chi connectivity index (χ4n) is 2.08. The van der Waals surface area contributed by atoms with Crippen molar-refractivity contribution in [2.45, 2.75) is 46.1 Å². The van der Waals surface area contributed by atoms with Crippen LogP contribution < -0.4 is 5.32 Å². The van der Waals surface area contributed by atoms with E-state index in [4.69, 9.17) is 4.42 Å². The lowest BCUT2D eigenvalue weighted by Gasteiger charge is -2.16. The molecule has 2 heterocycles. The Balaban J connectivity index is 2.16. The van der Waals surface area contributed by atoms with E-state index in [2.05, 4.69) is 10.3 Å². The quantitative estimate of drug-likeness (QED) is 0.876. The van der Waals surface area contributed by atoms with Crippen molar-refractivity contribution in [3.63, 3.8) is 0 Å². The van der Waals surface area contributed by atoms with Crippen molar-refractivity contribution in [2.24, 2.45) is 0 Å². The van der Waals surface area contributed by atoms with Crippen LogP contribution in [-0.2, 0) is 10.2 Å². The number of aliphatic carboxylic acids is 1. The van der Waals surface area contributed by atoms with Crippen molar-refractivity contribution in [3.8, 4) is 0 Å². The summed E-state index contributed by atoms with van der Waals surface area (Å²) in [6, 6.07) is 2.05. The zero-order chi connectivity index (χ0) is 15.8. The average Bonchev–Trinajstić information content (AvgIpc) is 2.96. The fourth-order valence-corrected chi connectivity index (χ4v) is 3.05. The maximum absolute atomic E-state index is 11.3. The van der Waals surface area contributed by atoms with Crippen molar-refractivity contribution in [1.29, 1.82) is 0 Å². The molecule has 0 aliphatic rings. The first-order valence-corrected chi connectivity index (χ1v) is 7.62. The SMILES string of the molecule is Cc1cc(C(C)Nc2nc(C(C)(C)C(=O)O)cs2)c(C)o1. The topological polar surface area (TPSA) is 75.4 Å². The maximum atomic E-state index is 11.3. The van der Waals surface area contributed by atoms with Gasteiger partial charge in [0.1, 0.15) is 16.9 Å². The number of nitrogens with zero attached hydrogens (tertiary/aromatic N) is 1. The van der Waals surface area contributed by atoms with Gasteiger partial charge in [-0.3, -0.25) is 4.79 Å². The number of nitrogens with one attached hydrogen (secondary N) is 1. The van der Waals surface area contributed by atoms with Gasteiger partial charge in [-0.2, -0.15) is 0 Å². The molecule has 0 amide bonds. The van der Waals surface area contributed by atoms with Crippen molar-refractivity contribution in [2.75, 3.05) is 5.32 Å². The van der Waals surface area contributed by atoms with E-state index in [1.54, 1.807) is 19.2 Å². The Morgan fingerprint density at radius 1 is 1.48 bits per heavy atom. The molecule has 5 nitrogen and oxygen atoms in total. The van der Waals surface area contributed by atoms with E-state index in [1.807, 2.05) is 26.8 Å². The van der Waals surface area contributed by atoms with E-state index >= 15 is 0 Å². The third kappa shape index (κ3) is 3.10. The number of furan rings is 1. The molecule has 0 saturated carbocycles. The molecule has 0 aromatic carbocycles. The van der Waals surface area contributed by atoms with Gasteiger partial charge in [0.2, 0.25) is 0 Å². The van der Waals surface area contributed by atoms with E-state index in [0.717, 1.165) is 17.1 Å². The van der Waals surface area contributed by atoms with E-state index in [9.17, 15) is 9.90 Å². The van der Waals surface area contributed by atoms with Crippen LogP contribution in [0.5, 0.6) is 0 Å². The first-order chi connectivity index (χ1) is 9.71. The Labute approximate surface area is 128 Å². The first kappa shape index (κ1) is 15.6. The monoisotopic (exact) mass is 308 g/mol. The molecule has 1 atom stereocenters. The molecule has 1 unspecified atom stereocenters. The molecule has 114 valence electrons. The largest absolute Gasteiger partial charge is 0.481 e. The van der Waals surface area contributed by atoms with Crippen LogP contribution in [0.15, 0.2) is 15.9 Å². The minimum absolute atomic E-state index is 0.0504. The molecule has 2 aromatic heterocycles. The standard InChI is InChI=1S/C15H20N2O3S/c1-8-6-11(10(3)20-8)9(2)16-14-17-12(7-21-14)15(4,5)13(18)19/h6-7,9H,1-5H3,(H,16,17)(H,18,19). The number of anilines is 1. The molecule has 0 bridgehead atoms. The minimum Gasteiger partial charge on any atom is -0.481 e. The van der Waals surface area contributed by atoms with Gasteiger partial charge in [-0.25, -0.2) is 4.98 Å². The van der Waals surface area contributed by atoms with Crippen LogP contribution >= 0.6 is 11.3 Å². The van der Waals surface area contributed by atoms with Crippen LogP contribution in [0.3, 0.4) is 0 Å². The van der Waals surface area contributed by atoms with Crippen molar-refractivity contribution in [3.05, 3.63) is 34.2 Å². The van der Waals surface area contributed by atoms with Gasteiger partial charge in [0.05, 0.1) is 11.7 Å². The molecule has 0 radical (unpaired) electrons. The summed E-state index contributed by atoms with van der Waals surface area (Å²) in [6.45, 7) is 9.19. The molecule has 2 N–H and O–H groups in total. The van der Waals surface area contributed by atoms with E-state index in [-0.39, 0.29) is 6.04 Å². The van der Waals surface area contributed by atoms with Crippen LogP contribution in [0.1, 0.15) is 49.6 Å². The maximum Gasteiger partial charge on any atom is 0.315 e. The van der Waals surface area contributed by atoms with E-state index in [0.29, 0.717) is 10.8 Å². The Morgan fingerprint density at radius 3 is 2.67 bits per heavy atom. The number of thiazole rings is 1. The molecular formula is C15H20N2O3S. The summed E-state index contributed by atoms with van der Waals surface area (Å²) in [5.74, 6) is 0.881. The van der Waals surface area contributed by atoms with Gasteiger partial charge in [0.15, 0.2) is 5.13 Å². The summed E-state index contributed by atoms with van der Waals surface area (Å²) < 4.78 is 5.53. The van der Waals surface area contributed by atoms with Gasteiger partial charge in [-0.1, -0.05) is 0 Å². The van der Waals surface area contributed by atoms with E-state index in [1.165, 1.54) is 11.3 Å². The molecule has 0 saturated heterocycles. The molecular weight excluding hydrogens is 288 g/mol. The first-order valence-electron chi connectivity index (χ1n) is 6.74. The normalized spacial score (nSPS) is 13.2. The van der Waals surface area contributed by atoms with Crippen molar-refractivity contribution >= 4 is 22.4 Å². The number of rotatable bonds is 5. The van der Waals surface area contributed by atoms with Gasteiger partial charge < -0.3 is 14.8 Å². The second-order valence-electron chi connectivity index (χ2n) is 5.70. The van der Waals surface area contributed by atoms with Gasteiger partial charge >= 0.3 is 5.97 Å². The minimum atomic E-state index is -0.984. The predicted octanol–water partition coefficient (Wildman–Crippen LogP) is 3.89. The Kier molecular flexibility index (Phi) is 4.09. The van der Waals surface area contributed by atoms with Crippen LogP contribution in [0.2, 0.25) is 0 Å². The number of hydrogen-bond acceptors (Lipinski definition) is 5. The summed E-state index contributed by atoms with van der Waals surface area (Å²) in [6.07, 6.45) is 0. The highest BCUT2D eigenvalue weighted by Gasteiger charge is 2.32. The van der Waals surface area contributed by atoms with Gasteiger partial charge in [0.25, 0.3) is 0 Å². The average molecular weight is 308 g/mol. The smallest absolute Gasteiger partial charge is 0.315 e. The number of carbonyl (C=O) groups is 1. The van der Waals surface area contributed by atoms with Crippen LogP contribution in [0.4, 0.5) is 5.13 Å². The Hall–Kier alpha value is -1.82. The summed E-state index contributed by atoms with van der Waals surface area (Å²) in [5.41, 5.74) is 0.665. The molecule has 2 rings (SSSR count). The fraction of sp³-hybridized carbons (Fsp3) is 0.467. The molecule has 0 aliphatic heterocycles. The van der Waals surface area contributed by atoms with Gasteiger partial charge in [0, 0.05) is 10.9 Å². The van der Waals surface area contributed by atoms with Crippen molar-refractivity contribution in [1.82, 2.24) is 4.98 Å². The van der Waals surface area contributed by atoms with Gasteiger partial charge in [-0.05, 0) is 40.7 Å². The summed E-state index contributed by atoms with van der Waals surface area (Å²) in [7, 11) is 0. The Morgan fingerprint density at radius 2 is 2.14 bits per heavy atom. The third-order valence-electron chi connectivity index (χ3n) is 3.57. The lowest BCUT2D eigenvalue weighted by Crippen LogP contribution is -2.28. The zero-order valence-electron chi connectivity index (χ0n) is 12.9. The second kappa shape index (κ2) is 5.52. The number of carboxylic acid groups (broad SMARTS) is 1. The highest BCUT2D eigenvalue weighted by Crippen LogP contribution is 2.30. The predicted molar refractivity (Wildman–Crippen MR) is 83.0 cm³/mol. The summed E-state index contributed by atoms with van der Waals surface area (Å²) in [5, 5.41) is 15.0. The summed E-state index contributed by atoms with van der Waals surface area (Å²) >= 11 is 1.41. The van der Waals surface area contributed by atoms with Crippen molar-refractivity contribution < 1.29 is 14.3 Å². The van der Waals surface area contributed by atoms with Crippen LogP contribution in [0.25, 0.3) is 0 Å². The molecule has 0 spiro atoms. The molecule has 6 heteroatoms. The van der Waals surface area contributed by atoms with Crippen LogP contribution in [0, 0.1) is 13.8 Å². The number of aryl methyl sites for hydroxylation is 2. The highest BCUT2D eigenvalue weighted by molar-refractivity contribution is 7.13. The van der Waals surface area contributed by atoms with Crippen LogP contribution in [-0.4, -0.2) is 16.1 Å². The Bertz CT molecular complexity index is 658.